The third-order valence-electron chi connectivity index (χ3n) is 6.71. The minimum atomic E-state index is -1.67. The number of rotatable bonds is 5. The van der Waals surface area contributed by atoms with Gasteiger partial charge in [-0.25, -0.2) is 0 Å². The number of aliphatic hydroxyl groups is 5. The van der Waals surface area contributed by atoms with Crippen molar-refractivity contribution in [1.82, 2.24) is 0 Å². The number of aliphatic hydroxyl groups excluding tert-OH is 5. The maximum atomic E-state index is 12.7. The fraction of sp³-hybridized carbons (Fsp3) is 0.423. The SMILES string of the molecule is C[C@H]1O[C@@H](Oc2cc(O)c3c(=O)cc(-c4ccc(O)cc4)oc3c2)[C@H](O)[C@H](O)[C@H]1O[C@@H]1OC[C@@H](O)[C@@H](O)[C@H]1O. The topological polar surface area (TPSA) is 209 Å². The van der Waals surface area contributed by atoms with Gasteiger partial charge in [0.25, 0.3) is 0 Å². The first kappa shape index (κ1) is 27.3. The van der Waals surface area contributed by atoms with Gasteiger partial charge in [-0.15, -0.1) is 0 Å². The summed E-state index contributed by atoms with van der Waals surface area (Å²) >= 11 is 0. The van der Waals surface area contributed by atoms with Gasteiger partial charge in [-0.3, -0.25) is 4.79 Å². The Morgan fingerprint density at radius 2 is 1.56 bits per heavy atom. The van der Waals surface area contributed by atoms with E-state index in [2.05, 4.69) is 0 Å². The number of phenolic OH excluding ortho intramolecular Hbond substituents is 2. The molecule has 0 bridgehead atoms. The van der Waals surface area contributed by atoms with Crippen LogP contribution in [0.5, 0.6) is 17.2 Å². The van der Waals surface area contributed by atoms with Crippen LogP contribution in [0.2, 0.25) is 0 Å². The molecule has 39 heavy (non-hydrogen) atoms. The number of phenols is 2. The monoisotopic (exact) mass is 548 g/mol. The van der Waals surface area contributed by atoms with Gasteiger partial charge in [0, 0.05) is 23.8 Å². The predicted octanol–water partition coefficient (Wildman–Crippen LogP) is -0.459. The van der Waals surface area contributed by atoms with E-state index in [-0.39, 0.29) is 34.8 Å². The molecule has 0 saturated carbocycles. The van der Waals surface area contributed by atoms with Crippen LogP contribution in [-0.4, -0.2) is 97.7 Å². The highest BCUT2D eigenvalue weighted by Crippen LogP contribution is 2.34. The van der Waals surface area contributed by atoms with E-state index in [1.807, 2.05) is 0 Å². The molecule has 2 aromatic carbocycles. The van der Waals surface area contributed by atoms with Crippen LogP contribution in [0.3, 0.4) is 0 Å². The molecule has 5 rings (SSSR count). The Hall–Kier alpha value is -3.27. The molecule has 13 nitrogen and oxygen atoms in total. The molecule has 1 aromatic heterocycles. The Morgan fingerprint density at radius 3 is 2.28 bits per heavy atom. The lowest BCUT2D eigenvalue weighted by molar-refractivity contribution is -0.334. The summed E-state index contributed by atoms with van der Waals surface area (Å²) in [4.78, 5) is 12.7. The van der Waals surface area contributed by atoms with Crippen LogP contribution >= 0.6 is 0 Å². The normalized spacial score (nSPS) is 33.2. The number of fused-ring (bicyclic) bond motifs is 1. The molecular weight excluding hydrogens is 520 g/mol. The van der Waals surface area contributed by atoms with Crippen molar-refractivity contribution in [3.8, 4) is 28.6 Å². The van der Waals surface area contributed by atoms with Crippen molar-refractivity contribution in [2.75, 3.05) is 6.61 Å². The van der Waals surface area contributed by atoms with Crippen molar-refractivity contribution in [2.45, 2.75) is 62.2 Å². The van der Waals surface area contributed by atoms with Gasteiger partial charge in [0.15, 0.2) is 11.7 Å². The van der Waals surface area contributed by atoms with E-state index in [1.54, 1.807) is 12.1 Å². The lowest BCUT2D eigenvalue weighted by Gasteiger charge is -2.44. The van der Waals surface area contributed by atoms with Gasteiger partial charge in [-0.2, -0.15) is 0 Å². The zero-order valence-corrected chi connectivity index (χ0v) is 20.5. The van der Waals surface area contributed by atoms with Gasteiger partial charge < -0.3 is 59.1 Å². The van der Waals surface area contributed by atoms with Crippen LogP contribution in [0.4, 0.5) is 0 Å². The third kappa shape index (κ3) is 5.31. The molecule has 0 spiro atoms. The maximum Gasteiger partial charge on any atom is 0.229 e. The van der Waals surface area contributed by atoms with Gasteiger partial charge >= 0.3 is 0 Å². The Bertz CT molecular complexity index is 1370. The smallest absolute Gasteiger partial charge is 0.229 e. The van der Waals surface area contributed by atoms with Crippen molar-refractivity contribution in [1.29, 1.82) is 0 Å². The van der Waals surface area contributed by atoms with E-state index in [9.17, 15) is 40.5 Å². The second kappa shape index (κ2) is 10.7. The van der Waals surface area contributed by atoms with Gasteiger partial charge in [-0.1, -0.05) is 0 Å². The van der Waals surface area contributed by atoms with Crippen LogP contribution < -0.4 is 10.2 Å². The molecule has 3 aromatic rings. The molecule has 7 N–H and O–H groups in total. The summed E-state index contributed by atoms with van der Waals surface area (Å²) in [6, 6.07) is 9.60. The minimum absolute atomic E-state index is 0.0233. The van der Waals surface area contributed by atoms with E-state index in [0.29, 0.717) is 5.56 Å². The lowest BCUT2D eigenvalue weighted by Crippen LogP contribution is -2.62. The van der Waals surface area contributed by atoms with Crippen molar-refractivity contribution in [2.24, 2.45) is 0 Å². The van der Waals surface area contributed by atoms with E-state index >= 15 is 0 Å². The van der Waals surface area contributed by atoms with Crippen LogP contribution in [0, 0.1) is 0 Å². The number of benzene rings is 2. The molecule has 0 radical (unpaired) electrons. The van der Waals surface area contributed by atoms with Crippen molar-refractivity contribution in [3.05, 3.63) is 52.7 Å². The largest absolute Gasteiger partial charge is 0.508 e. The zero-order chi connectivity index (χ0) is 28.0. The maximum absolute atomic E-state index is 12.7. The average Bonchev–Trinajstić information content (AvgIpc) is 2.89. The van der Waals surface area contributed by atoms with Crippen LogP contribution in [0.1, 0.15) is 6.92 Å². The molecular formula is C26H28O13. The molecule has 2 aliphatic rings. The van der Waals surface area contributed by atoms with Crippen molar-refractivity contribution >= 4 is 11.0 Å². The van der Waals surface area contributed by atoms with Crippen LogP contribution in [-0.2, 0) is 14.2 Å². The minimum Gasteiger partial charge on any atom is -0.508 e. The third-order valence-corrected chi connectivity index (χ3v) is 6.71. The number of hydrogen-bond acceptors (Lipinski definition) is 13. The summed E-state index contributed by atoms with van der Waals surface area (Å²) in [5.41, 5.74) is -0.0447. The van der Waals surface area contributed by atoms with Gasteiger partial charge in [-0.05, 0) is 31.2 Å². The standard InChI is InChI=1S/C26H28O13/c1-10-24(39-25-22(33)20(31)16(30)9-35-25)21(32)23(34)26(36-10)37-13-6-14(28)19-15(29)8-17(38-18(19)7-13)11-2-4-12(27)5-3-11/h2-8,10,16,20-28,30-34H,9H2,1H3/t10-,16-,20-,21+,22-,23-,24+,25+,26+/m1/s1. The van der Waals surface area contributed by atoms with Crippen LogP contribution in [0.25, 0.3) is 22.3 Å². The first-order valence-corrected chi connectivity index (χ1v) is 12.1. The second-order valence-electron chi connectivity index (χ2n) is 9.50. The Kier molecular flexibility index (Phi) is 7.50. The molecule has 2 aliphatic heterocycles. The highest BCUT2D eigenvalue weighted by Gasteiger charge is 2.48. The van der Waals surface area contributed by atoms with Gasteiger partial charge in [0.1, 0.15) is 70.6 Å². The Balaban J connectivity index is 1.35. The molecule has 0 unspecified atom stereocenters. The molecule has 2 saturated heterocycles. The average molecular weight is 548 g/mol. The zero-order valence-electron chi connectivity index (χ0n) is 20.5. The highest BCUT2D eigenvalue weighted by molar-refractivity contribution is 5.86. The van der Waals surface area contributed by atoms with E-state index in [1.165, 1.54) is 31.2 Å². The number of hydrogen-bond donors (Lipinski definition) is 7. The van der Waals surface area contributed by atoms with E-state index in [4.69, 9.17) is 23.4 Å². The molecule has 9 atom stereocenters. The van der Waals surface area contributed by atoms with Gasteiger partial charge in [0.05, 0.1) is 12.7 Å². The summed E-state index contributed by atoms with van der Waals surface area (Å²) in [5.74, 6) is -0.286. The van der Waals surface area contributed by atoms with Crippen molar-refractivity contribution in [3.63, 3.8) is 0 Å². The van der Waals surface area contributed by atoms with Crippen LogP contribution in [0.15, 0.2) is 51.7 Å². The Labute approximate surface area is 220 Å². The summed E-state index contributed by atoms with van der Waals surface area (Å²) in [6.07, 6.45) is -12.7. The fourth-order valence-corrected chi connectivity index (χ4v) is 4.56. The summed E-state index contributed by atoms with van der Waals surface area (Å²) in [7, 11) is 0. The molecule has 2 fully saturated rings. The van der Waals surface area contributed by atoms with E-state index in [0.717, 1.165) is 6.07 Å². The quantitative estimate of drug-likeness (QED) is 0.216. The first-order valence-electron chi connectivity index (χ1n) is 12.1. The summed E-state index contributed by atoms with van der Waals surface area (Å²) in [5, 5.41) is 70.9. The lowest BCUT2D eigenvalue weighted by atomic mass is 9.99. The highest BCUT2D eigenvalue weighted by atomic mass is 16.7. The second-order valence-corrected chi connectivity index (χ2v) is 9.50. The number of ether oxygens (including phenoxy) is 4. The molecule has 3 heterocycles. The Morgan fingerprint density at radius 1 is 0.872 bits per heavy atom. The van der Waals surface area contributed by atoms with E-state index < -0.39 is 66.5 Å². The first-order chi connectivity index (χ1) is 18.5. The summed E-state index contributed by atoms with van der Waals surface area (Å²) in [6.45, 7) is 1.20. The molecule has 210 valence electrons. The molecule has 0 amide bonds. The van der Waals surface area contributed by atoms with Crippen molar-refractivity contribution < 1.29 is 59.1 Å². The molecule has 13 heteroatoms. The number of aromatic hydroxyl groups is 2. The van der Waals surface area contributed by atoms with Gasteiger partial charge in [0.2, 0.25) is 6.29 Å². The summed E-state index contributed by atoms with van der Waals surface area (Å²) < 4.78 is 28.0. The fourth-order valence-electron chi connectivity index (χ4n) is 4.56. The predicted molar refractivity (Wildman–Crippen MR) is 131 cm³/mol. The molecule has 0 aliphatic carbocycles.